The highest BCUT2D eigenvalue weighted by atomic mass is 19.3. The summed E-state index contributed by atoms with van der Waals surface area (Å²) in [6, 6.07) is 6.09. The normalized spacial score (nSPS) is 19.4. The summed E-state index contributed by atoms with van der Waals surface area (Å²) >= 11 is 0. The van der Waals surface area contributed by atoms with Gasteiger partial charge in [0.2, 0.25) is 0 Å². The van der Waals surface area contributed by atoms with Gasteiger partial charge in [-0.1, -0.05) is 6.42 Å². The molecule has 19 heavy (non-hydrogen) atoms. The number of hydrogen-bond acceptors (Lipinski definition) is 3. The Morgan fingerprint density at radius 1 is 1.32 bits per heavy atom. The molecule has 3 nitrogen and oxygen atoms in total. The first-order valence-corrected chi connectivity index (χ1v) is 6.46. The second-order valence-corrected chi connectivity index (χ2v) is 4.68. The monoisotopic (exact) mass is 269 g/mol. The van der Waals surface area contributed by atoms with Gasteiger partial charge in [-0.3, -0.25) is 4.79 Å². The van der Waals surface area contributed by atoms with Crippen LogP contribution in [0.2, 0.25) is 0 Å². The van der Waals surface area contributed by atoms with Gasteiger partial charge in [0.15, 0.2) is 5.78 Å². The highest BCUT2D eigenvalue weighted by molar-refractivity contribution is 5.96. The molecule has 1 aromatic carbocycles. The minimum absolute atomic E-state index is 0.0306. The lowest BCUT2D eigenvalue weighted by molar-refractivity contribution is -0.0498. The largest absolute Gasteiger partial charge is 0.435 e. The van der Waals surface area contributed by atoms with E-state index in [0.717, 1.165) is 25.8 Å². The highest BCUT2D eigenvalue weighted by Crippen LogP contribution is 2.18. The second kappa shape index (κ2) is 6.61. The van der Waals surface area contributed by atoms with Gasteiger partial charge in [-0.15, -0.1) is 0 Å². The summed E-state index contributed by atoms with van der Waals surface area (Å²) in [4.78, 5) is 12.0. The Bertz CT molecular complexity index is 414. The number of alkyl halides is 2. The van der Waals surface area contributed by atoms with Crippen molar-refractivity contribution in [3.63, 3.8) is 0 Å². The maximum absolute atomic E-state index is 12.0. The fourth-order valence-electron chi connectivity index (χ4n) is 2.26. The van der Waals surface area contributed by atoms with Crippen molar-refractivity contribution in [2.75, 3.05) is 6.54 Å². The molecule has 1 aliphatic heterocycles. The number of rotatable bonds is 5. The molecule has 0 aliphatic carbocycles. The Hall–Kier alpha value is -1.49. The number of piperidine rings is 1. The summed E-state index contributed by atoms with van der Waals surface area (Å²) in [5.41, 5.74) is 0.536. The number of nitrogens with one attached hydrogen (secondary N) is 1. The van der Waals surface area contributed by atoms with E-state index in [1.165, 1.54) is 24.3 Å². The zero-order chi connectivity index (χ0) is 13.7. The number of carbonyl (C=O) groups excluding carboxylic acids is 1. The molecule has 1 aliphatic rings. The van der Waals surface area contributed by atoms with E-state index in [4.69, 9.17) is 0 Å². The van der Waals surface area contributed by atoms with Gasteiger partial charge in [0, 0.05) is 18.0 Å². The average molecular weight is 269 g/mol. The van der Waals surface area contributed by atoms with Crippen LogP contribution < -0.4 is 10.1 Å². The molecule has 1 atom stereocenters. The zero-order valence-corrected chi connectivity index (χ0v) is 10.6. The molecular formula is C14H17F2NO2. The summed E-state index contributed by atoms with van der Waals surface area (Å²) in [7, 11) is 0. The summed E-state index contributed by atoms with van der Waals surface area (Å²) < 4.78 is 28.2. The van der Waals surface area contributed by atoms with Crippen LogP contribution in [0.15, 0.2) is 24.3 Å². The molecule has 0 amide bonds. The molecule has 0 saturated carbocycles. The minimum Gasteiger partial charge on any atom is -0.435 e. The molecule has 0 bridgehead atoms. The lowest BCUT2D eigenvalue weighted by Gasteiger charge is -2.22. The van der Waals surface area contributed by atoms with Crippen molar-refractivity contribution in [2.45, 2.75) is 38.3 Å². The van der Waals surface area contributed by atoms with E-state index in [1.54, 1.807) is 0 Å². The van der Waals surface area contributed by atoms with Gasteiger partial charge in [0.05, 0.1) is 0 Å². The Labute approximate surface area is 111 Å². The fraction of sp³-hybridized carbons (Fsp3) is 0.500. The van der Waals surface area contributed by atoms with Crippen molar-refractivity contribution in [1.82, 2.24) is 5.32 Å². The van der Waals surface area contributed by atoms with Crippen molar-refractivity contribution in [3.05, 3.63) is 29.8 Å². The molecule has 0 radical (unpaired) electrons. The predicted octanol–water partition coefficient (Wildman–Crippen LogP) is 3.00. The quantitative estimate of drug-likeness (QED) is 0.835. The van der Waals surface area contributed by atoms with Crippen LogP contribution in [0.3, 0.4) is 0 Å². The maximum atomic E-state index is 12.0. The minimum atomic E-state index is -2.84. The number of ketones is 1. The van der Waals surface area contributed by atoms with Crippen LogP contribution in [0, 0.1) is 0 Å². The van der Waals surface area contributed by atoms with Crippen LogP contribution in [0.4, 0.5) is 8.78 Å². The van der Waals surface area contributed by atoms with Crippen molar-refractivity contribution in [1.29, 1.82) is 0 Å². The van der Waals surface area contributed by atoms with Gasteiger partial charge in [0.25, 0.3) is 0 Å². The van der Waals surface area contributed by atoms with Crippen molar-refractivity contribution >= 4 is 5.78 Å². The van der Waals surface area contributed by atoms with Crippen LogP contribution in [-0.2, 0) is 0 Å². The number of benzene rings is 1. The number of Topliss-reactive ketones (excluding diaryl/α,β-unsaturated/α-hetero) is 1. The predicted molar refractivity (Wildman–Crippen MR) is 67.7 cm³/mol. The summed E-state index contributed by atoms with van der Waals surface area (Å²) in [6.45, 7) is -1.88. The van der Waals surface area contributed by atoms with Crippen molar-refractivity contribution < 1.29 is 18.3 Å². The molecule has 1 saturated heterocycles. The van der Waals surface area contributed by atoms with Crippen LogP contribution in [-0.4, -0.2) is 25.0 Å². The van der Waals surface area contributed by atoms with Crippen LogP contribution in [0.1, 0.15) is 36.0 Å². The molecule has 0 aromatic heterocycles. The molecule has 1 aromatic rings. The van der Waals surface area contributed by atoms with E-state index in [9.17, 15) is 13.6 Å². The lowest BCUT2D eigenvalue weighted by Crippen LogP contribution is -2.35. The molecule has 104 valence electrons. The Kier molecular flexibility index (Phi) is 4.85. The standard InChI is InChI=1S/C14H17F2NO2/c15-14(16)19-12-6-4-10(5-7-12)13(18)9-11-3-1-2-8-17-11/h4-7,11,14,17H,1-3,8-9H2. The van der Waals surface area contributed by atoms with Gasteiger partial charge in [-0.25, -0.2) is 0 Å². The lowest BCUT2D eigenvalue weighted by atomic mass is 9.97. The number of halogens is 2. The number of ether oxygens (including phenoxy) is 1. The van der Waals surface area contributed by atoms with Crippen LogP contribution in [0.5, 0.6) is 5.75 Å². The average Bonchev–Trinajstić information content (AvgIpc) is 2.40. The molecule has 1 N–H and O–H groups in total. The smallest absolute Gasteiger partial charge is 0.387 e. The van der Waals surface area contributed by atoms with Gasteiger partial charge >= 0.3 is 6.61 Å². The van der Waals surface area contributed by atoms with Crippen molar-refractivity contribution in [3.8, 4) is 5.75 Å². The Morgan fingerprint density at radius 3 is 2.63 bits per heavy atom. The number of hydrogen-bond donors (Lipinski definition) is 1. The summed E-state index contributed by atoms with van der Waals surface area (Å²) in [5.74, 6) is 0.102. The molecular weight excluding hydrogens is 252 g/mol. The summed E-state index contributed by atoms with van der Waals surface area (Å²) in [6.07, 6.45) is 3.77. The van der Waals surface area contributed by atoms with Crippen molar-refractivity contribution in [2.24, 2.45) is 0 Å². The molecule has 1 unspecified atom stereocenters. The van der Waals surface area contributed by atoms with Gasteiger partial charge in [-0.2, -0.15) is 8.78 Å². The maximum Gasteiger partial charge on any atom is 0.387 e. The SMILES string of the molecule is O=C(CC1CCCCN1)c1ccc(OC(F)F)cc1. The fourth-order valence-corrected chi connectivity index (χ4v) is 2.26. The van der Waals surface area contributed by atoms with E-state index >= 15 is 0 Å². The first kappa shape index (κ1) is 13.9. The van der Waals surface area contributed by atoms with Crippen LogP contribution in [0.25, 0.3) is 0 Å². The van der Waals surface area contributed by atoms with E-state index in [1.807, 2.05) is 0 Å². The van der Waals surface area contributed by atoms with Gasteiger partial charge < -0.3 is 10.1 Å². The van der Waals surface area contributed by atoms with E-state index in [-0.39, 0.29) is 17.6 Å². The third-order valence-electron chi connectivity index (χ3n) is 3.25. The van der Waals surface area contributed by atoms with E-state index < -0.39 is 6.61 Å². The molecule has 0 spiro atoms. The van der Waals surface area contributed by atoms with E-state index in [0.29, 0.717) is 12.0 Å². The first-order valence-electron chi connectivity index (χ1n) is 6.46. The molecule has 2 rings (SSSR count). The van der Waals surface area contributed by atoms with E-state index in [2.05, 4.69) is 10.1 Å². The topological polar surface area (TPSA) is 38.3 Å². The van der Waals surface area contributed by atoms with Gasteiger partial charge in [0.1, 0.15) is 5.75 Å². The van der Waals surface area contributed by atoms with Gasteiger partial charge in [-0.05, 0) is 43.7 Å². The number of carbonyl (C=O) groups is 1. The first-order chi connectivity index (χ1) is 9.15. The third kappa shape index (κ3) is 4.28. The highest BCUT2D eigenvalue weighted by Gasteiger charge is 2.17. The molecule has 1 heterocycles. The summed E-state index contributed by atoms with van der Waals surface area (Å²) in [5, 5.41) is 3.31. The zero-order valence-electron chi connectivity index (χ0n) is 10.6. The second-order valence-electron chi connectivity index (χ2n) is 4.68. The van der Waals surface area contributed by atoms with Crippen LogP contribution >= 0.6 is 0 Å². The molecule has 5 heteroatoms. The Morgan fingerprint density at radius 2 is 2.05 bits per heavy atom. The third-order valence-corrected chi connectivity index (χ3v) is 3.25. The molecule has 1 fully saturated rings. The Balaban J connectivity index is 1.91.